The van der Waals surface area contributed by atoms with Crippen molar-refractivity contribution in [3.8, 4) is 0 Å². The SMILES string of the molecule is CC(C)(C)OC(=O)NCCC(=O)Nc1ccccc1CNC(=O)c1ccc(F)cc1. The number of alkyl carbamates (subject to hydrolysis) is 1. The van der Waals surface area contributed by atoms with Crippen LogP contribution < -0.4 is 16.0 Å². The first-order valence-electron chi connectivity index (χ1n) is 9.52. The second-order valence-corrected chi connectivity index (χ2v) is 7.57. The lowest BCUT2D eigenvalue weighted by Gasteiger charge is -2.19. The molecule has 0 fully saturated rings. The van der Waals surface area contributed by atoms with E-state index >= 15 is 0 Å². The maximum atomic E-state index is 13.0. The Hall–Kier alpha value is -3.42. The molecule has 0 saturated carbocycles. The second-order valence-electron chi connectivity index (χ2n) is 7.57. The third-order valence-electron chi connectivity index (χ3n) is 3.86. The van der Waals surface area contributed by atoms with Crippen LogP contribution in [0.5, 0.6) is 0 Å². The van der Waals surface area contributed by atoms with Crippen LogP contribution in [0.15, 0.2) is 48.5 Å². The number of halogens is 1. The molecular weight excluding hydrogens is 389 g/mol. The lowest BCUT2D eigenvalue weighted by Crippen LogP contribution is -2.34. The van der Waals surface area contributed by atoms with Gasteiger partial charge in [0.05, 0.1) is 0 Å². The Kier molecular flexibility index (Phi) is 7.91. The van der Waals surface area contributed by atoms with Crippen molar-refractivity contribution in [2.24, 2.45) is 0 Å². The fraction of sp³-hybridized carbons (Fsp3) is 0.318. The molecule has 30 heavy (non-hydrogen) atoms. The van der Waals surface area contributed by atoms with Crippen molar-refractivity contribution < 1.29 is 23.5 Å². The Balaban J connectivity index is 1.85. The minimum Gasteiger partial charge on any atom is -0.444 e. The molecular formula is C22H26FN3O4. The van der Waals surface area contributed by atoms with Crippen molar-refractivity contribution in [3.05, 3.63) is 65.5 Å². The molecule has 3 amide bonds. The van der Waals surface area contributed by atoms with Gasteiger partial charge in [-0.1, -0.05) is 18.2 Å². The molecule has 8 heteroatoms. The number of amides is 3. The Morgan fingerprint density at radius 1 is 0.967 bits per heavy atom. The van der Waals surface area contributed by atoms with Gasteiger partial charge in [0.2, 0.25) is 5.91 Å². The van der Waals surface area contributed by atoms with Crippen molar-refractivity contribution in [2.75, 3.05) is 11.9 Å². The highest BCUT2D eigenvalue weighted by Crippen LogP contribution is 2.15. The van der Waals surface area contributed by atoms with Crippen molar-refractivity contribution >= 4 is 23.6 Å². The summed E-state index contributed by atoms with van der Waals surface area (Å²) in [7, 11) is 0. The van der Waals surface area contributed by atoms with E-state index in [1.165, 1.54) is 24.3 Å². The highest BCUT2D eigenvalue weighted by Gasteiger charge is 2.16. The molecule has 0 aliphatic rings. The molecule has 0 atom stereocenters. The summed E-state index contributed by atoms with van der Waals surface area (Å²) >= 11 is 0. The van der Waals surface area contributed by atoms with Gasteiger partial charge in [0, 0.05) is 30.8 Å². The number of ether oxygens (including phenoxy) is 1. The summed E-state index contributed by atoms with van der Waals surface area (Å²) in [5.74, 6) is -1.05. The number of hydrogen-bond donors (Lipinski definition) is 3. The number of anilines is 1. The topological polar surface area (TPSA) is 96.5 Å². The van der Waals surface area contributed by atoms with Gasteiger partial charge in [0.1, 0.15) is 11.4 Å². The van der Waals surface area contributed by atoms with E-state index in [2.05, 4.69) is 16.0 Å². The number of para-hydroxylation sites is 1. The number of hydrogen-bond acceptors (Lipinski definition) is 4. The van der Waals surface area contributed by atoms with Crippen LogP contribution >= 0.6 is 0 Å². The smallest absolute Gasteiger partial charge is 0.407 e. The predicted molar refractivity (Wildman–Crippen MR) is 111 cm³/mol. The first-order valence-corrected chi connectivity index (χ1v) is 9.52. The minimum atomic E-state index is -0.608. The molecule has 0 bridgehead atoms. The normalized spacial score (nSPS) is 10.8. The van der Waals surface area contributed by atoms with E-state index in [9.17, 15) is 18.8 Å². The number of nitrogens with one attached hydrogen (secondary N) is 3. The average Bonchev–Trinajstić information content (AvgIpc) is 2.66. The van der Waals surface area contributed by atoms with Crippen LogP contribution in [0, 0.1) is 5.82 Å². The number of benzene rings is 2. The molecule has 0 saturated heterocycles. The monoisotopic (exact) mass is 415 g/mol. The standard InChI is InChI=1S/C22H26FN3O4/c1-22(2,3)30-21(29)24-13-12-19(27)26-18-7-5-4-6-16(18)14-25-20(28)15-8-10-17(23)11-9-15/h4-11H,12-14H2,1-3H3,(H,24,29)(H,25,28)(H,26,27). The zero-order valence-electron chi connectivity index (χ0n) is 17.3. The zero-order valence-corrected chi connectivity index (χ0v) is 17.3. The highest BCUT2D eigenvalue weighted by molar-refractivity contribution is 5.94. The van der Waals surface area contributed by atoms with E-state index in [1.807, 2.05) is 0 Å². The number of rotatable bonds is 7. The summed E-state index contributed by atoms with van der Waals surface area (Å²) in [6, 6.07) is 12.3. The molecule has 0 spiro atoms. The summed E-state index contributed by atoms with van der Waals surface area (Å²) in [6.45, 7) is 5.58. The first kappa shape index (κ1) is 22.9. The Bertz CT molecular complexity index is 892. The van der Waals surface area contributed by atoms with Crippen LogP contribution in [0.2, 0.25) is 0 Å². The maximum absolute atomic E-state index is 13.0. The fourth-order valence-corrected chi connectivity index (χ4v) is 2.48. The van der Waals surface area contributed by atoms with Crippen LogP contribution in [-0.2, 0) is 16.1 Å². The number of carbonyl (C=O) groups is 3. The third kappa shape index (κ3) is 7.90. The predicted octanol–water partition coefficient (Wildman–Crippen LogP) is 3.61. The van der Waals surface area contributed by atoms with Gasteiger partial charge >= 0.3 is 6.09 Å². The van der Waals surface area contributed by atoms with Crippen LogP contribution in [-0.4, -0.2) is 30.1 Å². The zero-order chi connectivity index (χ0) is 22.1. The largest absolute Gasteiger partial charge is 0.444 e. The molecule has 0 aliphatic heterocycles. The van der Waals surface area contributed by atoms with E-state index in [1.54, 1.807) is 45.0 Å². The molecule has 2 rings (SSSR count). The molecule has 0 unspecified atom stereocenters. The van der Waals surface area contributed by atoms with Gasteiger partial charge in [0.15, 0.2) is 0 Å². The summed E-state index contributed by atoms with van der Waals surface area (Å²) in [6.07, 6.45) is -0.519. The molecule has 0 aliphatic carbocycles. The van der Waals surface area contributed by atoms with E-state index in [-0.39, 0.29) is 31.3 Å². The van der Waals surface area contributed by atoms with Crippen molar-refractivity contribution in [1.82, 2.24) is 10.6 Å². The molecule has 160 valence electrons. The van der Waals surface area contributed by atoms with E-state index < -0.39 is 17.5 Å². The molecule has 2 aromatic rings. The molecule has 7 nitrogen and oxygen atoms in total. The van der Waals surface area contributed by atoms with Crippen LogP contribution in [0.3, 0.4) is 0 Å². The quantitative estimate of drug-likeness (QED) is 0.644. The van der Waals surface area contributed by atoms with Gasteiger partial charge in [-0.15, -0.1) is 0 Å². The summed E-state index contributed by atoms with van der Waals surface area (Å²) in [5.41, 5.74) is 0.996. The maximum Gasteiger partial charge on any atom is 0.407 e. The first-order chi connectivity index (χ1) is 14.1. The van der Waals surface area contributed by atoms with E-state index in [0.29, 0.717) is 16.8 Å². The van der Waals surface area contributed by atoms with Gasteiger partial charge in [-0.2, -0.15) is 0 Å². The number of carbonyl (C=O) groups excluding carboxylic acids is 3. The lowest BCUT2D eigenvalue weighted by atomic mass is 10.1. The molecule has 0 radical (unpaired) electrons. The van der Waals surface area contributed by atoms with Gasteiger partial charge < -0.3 is 20.7 Å². The van der Waals surface area contributed by atoms with Crippen molar-refractivity contribution in [1.29, 1.82) is 0 Å². The summed E-state index contributed by atoms with van der Waals surface area (Å²) in [4.78, 5) is 36.0. The van der Waals surface area contributed by atoms with Gasteiger partial charge in [-0.05, 0) is 56.7 Å². The van der Waals surface area contributed by atoms with Crippen LogP contribution in [0.1, 0.15) is 43.1 Å². The van der Waals surface area contributed by atoms with Crippen molar-refractivity contribution in [3.63, 3.8) is 0 Å². The molecule has 0 heterocycles. The highest BCUT2D eigenvalue weighted by atomic mass is 19.1. The average molecular weight is 415 g/mol. The minimum absolute atomic E-state index is 0.0650. The van der Waals surface area contributed by atoms with Crippen LogP contribution in [0.25, 0.3) is 0 Å². The van der Waals surface area contributed by atoms with Gasteiger partial charge in [-0.3, -0.25) is 9.59 Å². The summed E-state index contributed by atoms with van der Waals surface area (Å²) < 4.78 is 18.1. The van der Waals surface area contributed by atoms with Crippen molar-refractivity contribution in [2.45, 2.75) is 39.3 Å². The summed E-state index contributed by atoms with van der Waals surface area (Å²) in [5, 5.41) is 8.04. The third-order valence-corrected chi connectivity index (χ3v) is 3.86. The Labute approximate surface area is 175 Å². The molecule has 2 aromatic carbocycles. The molecule has 3 N–H and O–H groups in total. The fourth-order valence-electron chi connectivity index (χ4n) is 2.48. The Morgan fingerprint density at radius 3 is 2.30 bits per heavy atom. The lowest BCUT2D eigenvalue weighted by molar-refractivity contribution is -0.116. The van der Waals surface area contributed by atoms with E-state index in [0.717, 1.165) is 0 Å². The second kappa shape index (κ2) is 10.4. The van der Waals surface area contributed by atoms with Crippen LogP contribution in [0.4, 0.5) is 14.9 Å². The van der Waals surface area contributed by atoms with Gasteiger partial charge in [-0.25, -0.2) is 9.18 Å². The Morgan fingerprint density at radius 2 is 1.63 bits per heavy atom. The van der Waals surface area contributed by atoms with Gasteiger partial charge in [0.25, 0.3) is 5.91 Å². The molecule has 0 aromatic heterocycles. The van der Waals surface area contributed by atoms with E-state index in [4.69, 9.17) is 4.74 Å².